The fourth-order valence-electron chi connectivity index (χ4n) is 4.11. The summed E-state index contributed by atoms with van der Waals surface area (Å²) in [6.45, 7) is 6.40. The minimum Gasteiger partial charge on any atom is -0.744 e. The fraction of sp³-hybridized carbons (Fsp3) is 0.308. The van der Waals surface area contributed by atoms with Crippen LogP contribution in [0.5, 0.6) is 0 Å². The average molecular weight is 438 g/mol. The summed E-state index contributed by atoms with van der Waals surface area (Å²) >= 11 is 0. The lowest BCUT2D eigenvalue weighted by molar-refractivity contribution is 0.463. The summed E-state index contributed by atoms with van der Waals surface area (Å²) in [4.78, 5) is -0.178. The van der Waals surface area contributed by atoms with Crippen molar-refractivity contribution in [3.8, 4) is 0 Å². The van der Waals surface area contributed by atoms with E-state index in [1.165, 1.54) is 59.1 Å². The van der Waals surface area contributed by atoms with Gasteiger partial charge in [0.1, 0.15) is 21.5 Å². The van der Waals surface area contributed by atoms with E-state index < -0.39 is 10.1 Å². The van der Waals surface area contributed by atoms with Crippen molar-refractivity contribution in [3.05, 3.63) is 77.5 Å². The van der Waals surface area contributed by atoms with Gasteiger partial charge in [-0.1, -0.05) is 55.3 Å². The molecule has 1 aliphatic rings. The van der Waals surface area contributed by atoms with Gasteiger partial charge in [0, 0.05) is 18.6 Å². The maximum atomic E-state index is 10.4. The molecule has 4 rings (SSSR count). The highest BCUT2D eigenvalue weighted by Crippen LogP contribution is 2.47. The Bertz CT molecular complexity index is 1220. The maximum Gasteiger partial charge on any atom is 0.145 e. The summed E-state index contributed by atoms with van der Waals surface area (Å²) in [5, 5.41) is 2.77. The molecule has 5 heteroatoms. The van der Waals surface area contributed by atoms with Crippen LogP contribution in [0, 0.1) is 6.92 Å². The van der Waals surface area contributed by atoms with Gasteiger partial charge in [0.25, 0.3) is 0 Å². The SMILES string of the molecule is CCCCC1=C(C)[N+](C)(C)c2ccc3ccccc3c21.Cc1ccc(S(=O)(=O)[O-])cc1. The first kappa shape index (κ1) is 23.2. The van der Waals surface area contributed by atoms with Crippen molar-refractivity contribution in [2.24, 2.45) is 0 Å². The Hall–Kier alpha value is -2.47. The van der Waals surface area contributed by atoms with Crippen LogP contribution in [0.4, 0.5) is 5.69 Å². The van der Waals surface area contributed by atoms with Crippen LogP contribution >= 0.6 is 0 Å². The quantitative estimate of drug-likeness (QED) is 0.358. The normalized spacial score (nSPS) is 14.9. The Balaban J connectivity index is 0.000000210. The van der Waals surface area contributed by atoms with Crippen LogP contribution in [0.3, 0.4) is 0 Å². The second-order valence-corrected chi connectivity index (χ2v) is 9.95. The number of unbranched alkanes of at least 4 members (excludes halogenated alkanes) is 1. The van der Waals surface area contributed by atoms with Gasteiger partial charge in [0.15, 0.2) is 0 Å². The predicted molar refractivity (Wildman–Crippen MR) is 129 cm³/mol. The second kappa shape index (κ2) is 8.95. The van der Waals surface area contributed by atoms with Crippen LogP contribution in [0.15, 0.2) is 71.3 Å². The van der Waals surface area contributed by atoms with Gasteiger partial charge < -0.3 is 4.55 Å². The molecule has 0 bridgehead atoms. The molecule has 0 saturated carbocycles. The molecular weight excluding hydrogens is 406 g/mol. The molecule has 0 amide bonds. The van der Waals surface area contributed by atoms with Crippen molar-refractivity contribution in [2.45, 2.75) is 44.9 Å². The lowest BCUT2D eigenvalue weighted by atomic mass is 9.95. The van der Waals surface area contributed by atoms with E-state index in [1.807, 2.05) is 6.92 Å². The summed E-state index contributed by atoms with van der Waals surface area (Å²) < 4.78 is 32.1. The fourth-order valence-corrected chi connectivity index (χ4v) is 4.58. The van der Waals surface area contributed by atoms with Crippen molar-refractivity contribution < 1.29 is 13.0 Å². The summed E-state index contributed by atoms with van der Waals surface area (Å²) in [5.74, 6) is 0. The highest BCUT2D eigenvalue weighted by atomic mass is 32.2. The largest absolute Gasteiger partial charge is 0.744 e. The molecule has 0 aliphatic carbocycles. The molecule has 31 heavy (non-hydrogen) atoms. The van der Waals surface area contributed by atoms with Crippen molar-refractivity contribution >= 4 is 32.2 Å². The molecule has 0 atom stereocenters. The highest BCUT2D eigenvalue weighted by molar-refractivity contribution is 7.85. The van der Waals surface area contributed by atoms with Gasteiger partial charge in [-0.2, -0.15) is 0 Å². The number of quaternary nitrogens is 1. The van der Waals surface area contributed by atoms with Gasteiger partial charge >= 0.3 is 0 Å². The molecule has 4 nitrogen and oxygen atoms in total. The molecule has 1 heterocycles. The zero-order chi connectivity index (χ0) is 22.8. The summed E-state index contributed by atoms with van der Waals surface area (Å²) in [5.41, 5.74) is 6.96. The van der Waals surface area contributed by atoms with Gasteiger partial charge in [-0.15, -0.1) is 0 Å². The Kier molecular flexibility index (Phi) is 6.70. The number of hydrogen-bond acceptors (Lipinski definition) is 3. The topological polar surface area (TPSA) is 57.2 Å². The Labute approximate surface area is 186 Å². The third-order valence-corrected chi connectivity index (χ3v) is 7.03. The van der Waals surface area contributed by atoms with Crippen LogP contribution < -0.4 is 4.48 Å². The number of allylic oxidation sites excluding steroid dienone is 2. The lowest BCUT2D eigenvalue weighted by Gasteiger charge is -2.26. The number of fused-ring (bicyclic) bond motifs is 3. The molecule has 0 spiro atoms. The zero-order valence-electron chi connectivity index (χ0n) is 19.0. The first-order valence-corrected chi connectivity index (χ1v) is 12.1. The molecule has 0 radical (unpaired) electrons. The molecule has 3 aromatic rings. The number of hydrogen-bond donors (Lipinski definition) is 0. The molecule has 0 fully saturated rings. The Morgan fingerprint density at radius 1 is 0.903 bits per heavy atom. The van der Waals surface area contributed by atoms with Gasteiger partial charge in [-0.3, -0.25) is 4.48 Å². The van der Waals surface area contributed by atoms with Crippen molar-refractivity contribution in [3.63, 3.8) is 0 Å². The van der Waals surface area contributed by atoms with E-state index in [1.54, 1.807) is 17.7 Å². The van der Waals surface area contributed by atoms with E-state index >= 15 is 0 Å². The number of benzene rings is 3. The van der Waals surface area contributed by atoms with Crippen LogP contribution in [0.1, 0.15) is 44.2 Å². The molecule has 0 saturated heterocycles. The van der Waals surface area contributed by atoms with E-state index in [9.17, 15) is 13.0 Å². The smallest absolute Gasteiger partial charge is 0.145 e. The summed E-state index contributed by atoms with van der Waals surface area (Å²) in [7, 11) is 0.345. The lowest BCUT2D eigenvalue weighted by Crippen LogP contribution is -2.36. The predicted octanol–water partition coefficient (Wildman–Crippen LogP) is 6.24. The molecule has 0 N–H and O–H groups in total. The second-order valence-electron chi connectivity index (χ2n) is 8.57. The molecule has 3 aromatic carbocycles. The first-order valence-electron chi connectivity index (χ1n) is 10.7. The van der Waals surface area contributed by atoms with Crippen LogP contribution in [-0.4, -0.2) is 27.1 Å². The third-order valence-electron chi connectivity index (χ3n) is 6.18. The van der Waals surface area contributed by atoms with Crippen molar-refractivity contribution in [2.75, 3.05) is 14.1 Å². The van der Waals surface area contributed by atoms with Crippen LogP contribution in [0.2, 0.25) is 0 Å². The molecule has 1 aliphatic heterocycles. The first-order chi connectivity index (χ1) is 14.6. The highest BCUT2D eigenvalue weighted by Gasteiger charge is 2.37. The zero-order valence-corrected chi connectivity index (χ0v) is 19.8. The van der Waals surface area contributed by atoms with Crippen LogP contribution in [0.25, 0.3) is 16.3 Å². The van der Waals surface area contributed by atoms with E-state index in [-0.39, 0.29) is 4.90 Å². The minimum atomic E-state index is -4.27. The van der Waals surface area contributed by atoms with Gasteiger partial charge in [-0.05, 0) is 48.7 Å². The molecule has 164 valence electrons. The van der Waals surface area contributed by atoms with E-state index in [2.05, 4.69) is 64.3 Å². The molecule has 0 aromatic heterocycles. The van der Waals surface area contributed by atoms with Crippen LogP contribution in [-0.2, 0) is 10.1 Å². The van der Waals surface area contributed by atoms with E-state index in [4.69, 9.17) is 0 Å². The van der Waals surface area contributed by atoms with E-state index in [0.717, 1.165) is 10.0 Å². The average Bonchev–Trinajstić information content (AvgIpc) is 2.92. The monoisotopic (exact) mass is 437 g/mol. The number of rotatable bonds is 4. The third kappa shape index (κ3) is 4.74. The molecular formula is C26H31NO3S. The standard InChI is InChI=1S/C19H24N.C7H8O3S/c1-5-6-10-16-14(2)20(3,4)18-13-12-15-9-7-8-11-17(15)19(16)18;1-6-2-4-7(5-3-6)11(8,9)10/h7-9,11-13H,5-6,10H2,1-4H3;2-5H,1H3,(H,8,9,10)/q+1;/p-1. The summed E-state index contributed by atoms with van der Waals surface area (Å²) in [6.07, 6.45) is 3.73. The minimum absolute atomic E-state index is 0.178. The van der Waals surface area contributed by atoms with Gasteiger partial charge in [0.05, 0.1) is 24.6 Å². The Morgan fingerprint density at radius 3 is 2.16 bits per heavy atom. The van der Waals surface area contributed by atoms with Gasteiger partial charge in [-0.25, -0.2) is 8.42 Å². The maximum absolute atomic E-state index is 10.4. The Morgan fingerprint density at radius 2 is 1.55 bits per heavy atom. The summed E-state index contributed by atoms with van der Waals surface area (Å²) in [6, 6.07) is 19.2. The van der Waals surface area contributed by atoms with Gasteiger partial charge in [0.2, 0.25) is 0 Å². The van der Waals surface area contributed by atoms with E-state index in [0.29, 0.717) is 0 Å². The number of aryl methyl sites for hydroxylation is 1. The number of nitrogens with zero attached hydrogens (tertiary/aromatic N) is 1. The van der Waals surface area contributed by atoms with Crippen molar-refractivity contribution in [1.82, 2.24) is 4.48 Å². The molecule has 0 unspecified atom stereocenters. The van der Waals surface area contributed by atoms with Crippen molar-refractivity contribution in [1.29, 1.82) is 0 Å².